The third-order valence-electron chi connectivity index (χ3n) is 6.34. The first-order chi connectivity index (χ1) is 15.9. The third-order valence-corrected chi connectivity index (χ3v) is 6.59. The minimum absolute atomic E-state index is 0.00676. The van der Waals surface area contributed by atoms with Crippen molar-refractivity contribution in [1.29, 1.82) is 0 Å². The van der Waals surface area contributed by atoms with Crippen molar-refractivity contribution in [3.05, 3.63) is 75.3 Å². The van der Waals surface area contributed by atoms with Crippen molar-refractivity contribution in [2.75, 3.05) is 33.4 Å². The zero-order valence-corrected chi connectivity index (χ0v) is 20.0. The Morgan fingerprint density at radius 1 is 1.18 bits per heavy atom. The van der Waals surface area contributed by atoms with E-state index in [0.29, 0.717) is 54.3 Å². The van der Waals surface area contributed by atoms with Gasteiger partial charge in [0.15, 0.2) is 0 Å². The number of nitrogens with zero attached hydrogens (tertiary/aromatic N) is 4. The van der Waals surface area contributed by atoms with Gasteiger partial charge in [0.05, 0.1) is 30.1 Å². The molecule has 2 aromatic carbocycles. The van der Waals surface area contributed by atoms with Crippen LogP contribution in [0, 0.1) is 0 Å². The Hall–Kier alpha value is -2.74. The lowest BCUT2D eigenvalue weighted by atomic mass is 10.1. The molecule has 2 heterocycles. The van der Waals surface area contributed by atoms with Gasteiger partial charge < -0.3 is 9.64 Å². The molecule has 4 rings (SSSR count). The molecule has 0 spiro atoms. The van der Waals surface area contributed by atoms with E-state index in [1.54, 1.807) is 35.9 Å². The van der Waals surface area contributed by atoms with Gasteiger partial charge in [-0.15, -0.1) is 0 Å². The molecule has 3 aromatic rings. The maximum atomic E-state index is 13.2. The molecule has 174 valence electrons. The maximum absolute atomic E-state index is 13.2. The molecule has 8 heteroatoms. The first kappa shape index (κ1) is 23.4. The summed E-state index contributed by atoms with van der Waals surface area (Å²) in [4.78, 5) is 35.3. The summed E-state index contributed by atoms with van der Waals surface area (Å²) in [6.45, 7) is 6.98. The Balaban J connectivity index is 1.57. The van der Waals surface area contributed by atoms with Gasteiger partial charge in [0, 0.05) is 43.4 Å². The second kappa shape index (κ2) is 10.0. The van der Waals surface area contributed by atoms with Crippen LogP contribution < -0.4 is 5.56 Å². The van der Waals surface area contributed by atoms with Crippen molar-refractivity contribution in [3.63, 3.8) is 0 Å². The third kappa shape index (κ3) is 4.81. The van der Waals surface area contributed by atoms with Crippen LogP contribution in [0.1, 0.15) is 36.1 Å². The minimum atomic E-state index is -0.0885. The van der Waals surface area contributed by atoms with Crippen molar-refractivity contribution in [3.8, 4) is 0 Å². The van der Waals surface area contributed by atoms with E-state index in [-0.39, 0.29) is 23.6 Å². The van der Waals surface area contributed by atoms with Gasteiger partial charge in [-0.2, -0.15) is 0 Å². The lowest BCUT2D eigenvalue weighted by Crippen LogP contribution is -2.54. The predicted octanol–water partition coefficient (Wildman–Crippen LogP) is 3.60. The molecule has 0 aliphatic carbocycles. The fraction of sp³-hybridized carbons (Fsp3) is 0.400. The van der Waals surface area contributed by atoms with E-state index in [2.05, 4.69) is 18.7 Å². The predicted molar refractivity (Wildman–Crippen MR) is 130 cm³/mol. The summed E-state index contributed by atoms with van der Waals surface area (Å²) in [5, 5.41) is 1.22. The average molecular weight is 469 g/mol. The lowest BCUT2D eigenvalue weighted by Gasteiger charge is -2.42. The monoisotopic (exact) mass is 468 g/mol. The first-order valence-electron chi connectivity index (χ1n) is 11.2. The molecule has 1 fully saturated rings. The molecule has 7 nitrogen and oxygen atoms in total. The number of aromatic nitrogens is 2. The number of piperazine rings is 1. The number of para-hydroxylation sites is 1. The number of halogens is 1. The van der Waals surface area contributed by atoms with Gasteiger partial charge in [-0.3, -0.25) is 19.1 Å². The van der Waals surface area contributed by atoms with E-state index in [0.717, 1.165) is 5.82 Å². The molecule has 2 atom stereocenters. The lowest BCUT2D eigenvalue weighted by molar-refractivity contribution is 0.0389. The number of rotatable bonds is 6. The van der Waals surface area contributed by atoms with E-state index in [4.69, 9.17) is 21.3 Å². The summed E-state index contributed by atoms with van der Waals surface area (Å²) in [5.74, 6) is 0.729. The summed E-state index contributed by atoms with van der Waals surface area (Å²) in [6, 6.07) is 14.4. The first-order valence-corrected chi connectivity index (χ1v) is 11.6. The van der Waals surface area contributed by atoms with Crippen molar-refractivity contribution in [2.45, 2.75) is 32.5 Å². The molecular formula is C25H29ClN4O3. The van der Waals surface area contributed by atoms with Crippen LogP contribution in [-0.4, -0.2) is 64.7 Å². The van der Waals surface area contributed by atoms with Crippen LogP contribution in [0.3, 0.4) is 0 Å². The highest BCUT2D eigenvalue weighted by atomic mass is 35.5. The Morgan fingerprint density at radius 3 is 2.61 bits per heavy atom. The number of fused-ring (bicyclic) bond motifs is 1. The smallest absolute Gasteiger partial charge is 0.261 e. The average Bonchev–Trinajstić information content (AvgIpc) is 2.83. The van der Waals surface area contributed by atoms with E-state index in [9.17, 15) is 9.59 Å². The van der Waals surface area contributed by atoms with Gasteiger partial charge >= 0.3 is 0 Å². The number of carbonyl (C=O) groups excluding carboxylic acids is 1. The van der Waals surface area contributed by atoms with E-state index in [1.807, 2.05) is 29.2 Å². The quantitative estimate of drug-likeness (QED) is 0.553. The number of hydrogen-bond acceptors (Lipinski definition) is 5. The summed E-state index contributed by atoms with van der Waals surface area (Å²) in [7, 11) is 1.63. The van der Waals surface area contributed by atoms with Gasteiger partial charge in [-0.1, -0.05) is 23.7 Å². The van der Waals surface area contributed by atoms with Gasteiger partial charge in [-0.25, -0.2) is 4.98 Å². The Bertz CT molecular complexity index is 1190. The standard InChI is InChI=1S/C25H29ClN4O3/c1-17-16-28(12-13-29(17)24(31)19-8-10-20(26)11-9-19)18(2)23-27-22-7-5-4-6-21(22)25(32)30(23)14-15-33-3/h4-11,17-18H,12-16H2,1-3H3. The second-order valence-corrected chi connectivity index (χ2v) is 8.90. The van der Waals surface area contributed by atoms with Crippen LogP contribution in [-0.2, 0) is 11.3 Å². The molecular weight excluding hydrogens is 440 g/mol. The zero-order chi connectivity index (χ0) is 23.5. The minimum Gasteiger partial charge on any atom is -0.383 e. The fourth-order valence-corrected chi connectivity index (χ4v) is 4.59. The van der Waals surface area contributed by atoms with E-state index >= 15 is 0 Å². The fourth-order valence-electron chi connectivity index (χ4n) is 4.46. The van der Waals surface area contributed by atoms with E-state index < -0.39 is 0 Å². The normalized spacial score (nSPS) is 17.9. The maximum Gasteiger partial charge on any atom is 0.261 e. The van der Waals surface area contributed by atoms with Crippen LogP contribution in [0.4, 0.5) is 0 Å². The molecule has 1 aromatic heterocycles. The number of benzene rings is 2. The van der Waals surface area contributed by atoms with Crippen LogP contribution in [0.15, 0.2) is 53.3 Å². The topological polar surface area (TPSA) is 67.7 Å². The SMILES string of the molecule is COCCn1c(C(C)N2CCN(C(=O)c3ccc(Cl)cc3)C(C)C2)nc2ccccc2c1=O. The highest BCUT2D eigenvalue weighted by molar-refractivity contribution is 6.30. The summed E-state index contributed by atoms with van der Waals surface area (Å²) < 4.78 is 6.97. The molecule has 0 saturated carbocycles. The number of carbonyl (C=O) groups is 1. The summed E-state index contributed by atoms with van der Waals surface area (Å²) in [5.41, 5.74) is 1.28. The van der Waals surface area contributed by atoms with Crippen LogP contribution >= 0.6 is 11.6 Å². The molecule has 1 saturated heterocycles. The molecule has 1 aliphatic rings. The molecule has 1 aliphatic heterocycles. The molecule has 2 unspecified atom stereocenters. The summed E-state index contributed by atoms with van der Waals surface area (Å²) >= 11 is 5.97. The number of ether oxygens (including phenoxy) is 1. The van der Waals surface area contributed by atoms with Crippen LogP contribution in [0.2, 0.25) is 5.02 Å². The Kier molecular flexibility index (Phi) is 7.12. The Morgan fingerprint density at radius 2 is 1.91 bits per heavy atom. The molecule has 0 N–H and O–H groups in total. The largest absolute Gasteiger partial charge is 0.383 e. The Labute approximate surface area is 198 Å². The van der Waals surface area contributed by atoms with Gasteiger partial charge in [0.2, 0.25) is 0 Å². The molecule has 33 heavy (non-hydrogen) atoms. The summed E-state index contributed by atoms with van der Waals surface area (Å²) in [6.07, 6.45) is 0. The number of hydrogen-bond donors (Lipinski definition) is 0. The van der Waals surface area contributed by atoms with Crippen molar-refractivity contribution < 1.29 is 9.53 Å². The molecule has 1 amide bonds. The molecule has 0 bridgehead atoms. The number of amides is 1. The van der Waals surface area contributed by atoms with Crippen molar-refractivity contribution in [2.24, 2.45) is 0 Å². The highest BCUT2D eigenvalue weighted by Crippen LogP contribution is 2.24. The van der Waals surface area contributed by atoms with Gasteiger partial charge in [0.25, 0.3) is 11.5 Å². The zero-order valence-electron chi connectivity index (χ0n) is 19.2. The van der Waals surface area contributed by atoms with Gasteiger partial charge in [0.1, 0.15) is 5.82 Å². The van der Waals surface area contributed by atoms with Crippen LogP contribution in [0.5, 0.6) is 0 Å². The number of methoxy groups -OCH3 is 1. The highest BCUT2D eigenvalue weighted by Gasteiger charge is 2.32. The van der Waals surface area contributed by atoms with Crippen molar-refractivity contribution in [1.82, 2.24) is 19.4 Å². The van der Waals surface area contributed by atoms with Crippen molar-refractivity contribution >= 4 is 28.4 Å². The van der Waals surface area contributed by atoms with Gasteiger partial charge in [-0.05, 0) is 50.2 Å². The van der Waals surface area contributed by atoms with Crippen LogP contribution in [0.25, 0.3) is 10.9 Å². The van der Waals surface area contributed by atoms with E-state index in [1.165, 1.54) is 0 Å². The second-order valence-electron chi connectivity index (χ2n) is 8.46. The molecule has 0 radical (unpaired) electrons.